The van der Waals surface area contributed by atoms with Gasteiger partial charge in [0, 0.05) is 35.1 Å². The number of benzene rings is 1. The maximum Gasteiger partial charge on any atom is 0.166 e. The zero-order chi connectivity index (χ0) is 25.3. The van der Waals surface area contributed by atoms with Crippen molar-refractivity contribution >= 4 is 34.4 Å². The Labute approximate surface area is 202 Å². The van der Waals surface area contributed by atoms with Crippen LogP contribution in [0.1, 0.15) is 68.5 Å². The smallest absolute Gasteiger partial charge is 0.166 e. The summed E-state index contributed by atoms with van der Waals surface area (Å²) in [5.74, 6) is 0.240. The van der Waals surface area contributed by atoms with Crippen LogP contribution in [0.25, 0.3) is 5.70 Å². The second-order valence-electron chi connectivity index (χ2n) is 10.7. The van der Waals surface area contributed by atoms with Crippen molar-refractivity contribution in [1.29, 1.82) is 0 Å². The fraction of sp³-hybridized carbons (Fsp3) is 0.462. The summed E-state index contributed by atoms with van der Waals surface area (Å²) in [6.45, 7) is 18.9. The number of thiophene rings is 1. The molecule has 1 aromatic carbocycles. The summed E-state index contributed by atoms with van der Waals surface area (Å²) in [7, 11) is 3.78. The van der Waals surface area contributed by atoms with Crippen molar-refractivity contribution < 1.29 is 5.11 Å². The summed E-state index contributed by atoms with van der Waals surface area (Å²) < 4.78 is 0. The number of aromatic hydroxyl groups is 1. The molecule has 2 rings (SSSR count). The lowest BCUT2D eigenvalue weighted by Crippen LogP contribution is -2.33. The maximum absolute atomic E-state index is 11.1. The van der Waals surface area contributed by atoms with Crippen molar-refractivity contribution in [3.8, 4) is 5.75 Å². The second kappa shape index (κ2) is 9.59. The molecule has 33 heavy (non-hydrogen) atoms. The molecular formula is C26H39N5OS. The molecule has 0 aliphatic heterocycles. The lowest BCUT2D eigenvalue weighted by Gasteiger charge is -2.28. The highest BCUT2D eigenvalue weighted by Crippen LogP contribution is 2.42. The van der Waals surface area contributed by atoms with Crippen LogP contribution < -0.4 is 11.5 Å². The van der Waals surface area contributed by atoms with Crippen molar-refractivity contribution in [3.05, 3.63) is 51.7 Å². The molecule has 0 aliphatic rings. The van der Waals surface area contributed by atoms with E-state index in [9.17, 15) is 5.11 Å². The first-order chi connectivity index (χ1) is 15.0. The van der Waals surface area contributed by atoms with E-state index in [-0.39, 0.29) is 34.3 Å². The largest absolute Gasteiger partial charge is 0.505 e. The van der Waals surface area contributed by atoms with Gasteiger partial charge in [-0.3, -0.25) is 4.99 Å². The predicted octanol–water partition coefficient (Wildman–Crippen LogP) is 5.73. The van der Waals surface area contributed by atoms with Crippen LogP contribution in [0.5, 0.6) is 5.75 Å². The molecule has 0 amide bonds. The van der Waals surface area contributed by atoms with Gasteiger partial charge in [-0.05, 0) is 41.5 Å². The third-order valence-electron chi connectivity index (χ3n) is 5.42. The van der Waals surface area contributed by atoms with Crippen molar-refractivity contribution in [2.75, 3.05) is 14.1 Å². The van der Waals surface area contributed by atoms with E-state index in [1.54, 1.807) is 17.4 Å². The highest BCUT2D eigenvalue weighted by Gasteiger charge is 2.28. The highest BCUT2D eigenvalue weighted by atomic mass is 32.1. The lowest BCUT2D eigenvalue weighted by molar-refractivity contribution is 0.333. The van der Waals surface area contributed by atoms with E-state index in [2.05, 4.69) is 72.2 Å². The Hall–Kier alpha value is -2.80. The van der Waals surface area contributed by atoms with Crippen molar-refractivity contribution in [2.45, 2.75) is 59.9 Å². The number of amidine groups is 2. The lowest BCUT2D eigenvalue weighted by atomic mass is 9.82. The quantitative estimate of drug-likeness (QED) is 0.385. The molecule has 0 bridgehead atoms. The van der Waals surface area contributed by atoms with Gasteiger partial charge >= 0.3 is 0 Å². The van der Waals surface area contributed by atoms with Crippen molar-refractivity contribution in [2.24, 2.45) is 26.9 Å². The van der Waals surface area contributed by atoms with E-state index in [1.807, 2.05) is 25.1 Å². The molecule has 7 heteroatoms. The van der Waals surface area contributed by atoms with E-state index in [0.29, 0.717) is 16.9 Å². The van der Waals surface area contributed by atoms with Gasteiger partial charge in [-0.1, -0.05) is 54.2 Å². The normalized spacial score (nSPS) is 14.3. The summed E-state index contributed by atoms with van der Waals surface area (Å²) in [6.07, 6.45) is 0. The molecule has 1 aromatic heterocycles. The molecule has 0 fully saturated rings. The van der Waals surface area contributed by atoms with E-state index in [0.717, 1.165) is 10.4 Å². The van der Waals surface area contributed by atoms with Gasteiger partial charge in [0.05, 0.1) is 6.04 Å². The summed E-state index contributed by atoms with van der Waals surface area (Å²) in [6, 6.07) is 7.71. The van der Waals surface area contributed by atoms with Gasteiger partial charge in [0.15, 0.2) is 17.4 Å². The van der Waals surface area contributed by atoms with Crippen LogP contribution in [0.3, 0.4) is 0 Å². The number of rotatable bonds is 5. The number of aliphatic imine (C=N–C) groups is 2. The Morgan fingerprint density at radius 1 is 1.03 bits per heavy atom. The monoisotopic (exact) mass is 469 g/mol. The van der Waals surface area contributed by atoms with Gasteiger partial charge in [-0.2, -0.15) is 0 Å². The van der Waals surface area contributed by atoms with Gasteiger partial charge in [-0.15, -0.1) is 11.3 Å². The van der Waals surface area contributed by atoms with Gasteiger partial charge < -0.3 is 21.5 Å². The zero-order valence-corrected chi connectivity index (χ0v) is 22.3. The molecule has 5 N–H and O–H groups in total. The van der Waals surface area contributed by atoms with Gasteiger partial charge in [0.25, 0.3) is 0 Å². The summed E-state index contributed by atoms with van der Waals surface area (Å²) in [5, 5.41) is 11.1. The summed E-state index contributed by atoms with van der Waals surface area (Å²) in [4.78, 5) is 13.4. The Morgan fingerprint density at radius 2 is 1.64 bits per heavy atom. The number of nitrogens with zero attached hydrogens (tertiary/aromatic N) is 3. The Kier molecular flexibility index (Phi) is 7.69. The number of phenols is 1. The molecule has 0 saturated carbocycles. The minimum absolute atomic E-state index is 0.0260. The van der Waals surface area contributed by atoms with Crippen molar-refractivity contribution in [1.82, 2.24) is 4.90 Å². The molecule has 2 aromatic rings. The van der Waals surface area contributed by atoms with Gasteiger partial charge in [-0.25, -0.2) is 4.99 Å². The van der Waals surface area contributed by atoms with Crippen LogP contribution in [0.15, 0.2) is 40.8 Å². The topological polar surface area (TPSA) is 100 Å². The molecule has 0 aliphatic carbocycles. The van der Waals surface area contributed by atoms with E-state index in [1.165, 1.54) is 4.88 Å². The Morgan fingerprint density at radius 3 is 2.09 bits per heavy atom. The maximum atomic E-state index is 11.1. The first-order valence-corrected chi connectivity index (χ1v) is 11.8. The average Bonchev–Trinajstić information content (AvgIpc) is 3.10. The minimum atomic E-state index is -0.196. The third kappa shape index (κ3) is 6.16. The van der Waals surface area contributed by atoms with Crippen LogP contribution in [0.2, 0.25) is 0 Å². The van der Waals surface area contributed by atoms with E-state index >= 15 is 0 Å². The second-order valence-corrected chi connectivity index (χ2v) is 12.0. The first-order valence-electron chi connectivity index (χ1n) is 11.0. The predicted molar refractivity (Wildman–Crippen MR) is 144 cm³/mol. The van der Waals surface area contributed by atoms with Crippen LogP contribution in [-0.2, 0) is 5.41 Å². The molecule has 0 spiro atoms. The van der Waals surface area contributed by atoms with E-state index in [4.69, 9.17) is 16.5 Å². The third-order valence-corrected chi connectivity index (χ3v) is 6.47. The SMILES string of the molecule is C=C(c1c(C(C)(C)C)ccc(N=C(N)C(N)=N[C@@H](c2ccc(C)s2)C(C)(C)C)c1O)N(C)C. The fourth-order valence-electron chi connectivity index (χ4n) is 3.49. The first kappa shape index (κ1) is 26.5. The zero-order valence-electron chi connectivity index (χ0n) is 21.4. The van der Waals surface area contributed by atoms with Gasteiger partial charge in [0.2, 0.25) is 0 Å². The van der Waals surface area contributed by atoms with Crippen molar-refractivity contribution in [3.63, 3.8) is 0 Å². The Bertz CT molecular complexity index is 1080. The summed E-state index contributed by atoms with van der Waals surface area (Å²) >= 11 is 1.70. The number of hydrogen-bond acceptors (Lipinski definition) is 5. The van der Waals surface area contributed by atoms with Crippen LogP contribution in [0.4, 0.5) is 5.69 Å². The Balaban J connectivity index is 2.57. The summed E-state index contributed by atoms with van der Waals surface area (Å²) in [5.41, 5.74) is 14.8. The molecule has 1 atom stereocenters. The molecule has 0 radical (unpaired) electrons. The fourth-order valence-corrected chi connectivity index (χ4v) is 4.65. The molecule has 0 unspecified atom stereocenters. The average molecular weight is 470 g/mol. The van der Waals surface area contributed by atoms with E-state index < -0.39 is 0 Å². The van der Waals surface area contributed by atoms with Gasteiger partial charge in [0.1, 0.15) is 5.69 Å². The standard InChI is InChI=1S/C26H39N5OS/c1-15-11-14-19(33-15)22(26(6,7)8)30-24(28)23(27)29-18-13-12-17(25(3,4)5)20(21(18)32)16(2)31(9)10/h11-14,22,32H,2H2,1,3-10H3,(H2,27,29)(H2,28,30)/t22-/m0/s1. The molecule has 6 nitrogen and oxygen atoms in total. The molecule has 180 valence electrons. The number of nitrogens with two attached hydrogens (primary N) is 2. The van der Waals surface area contributed by atoms with Crippen LogP contribution in [-0.4, -0.2) is 35.8 Å². The van der Waals surface area contributed by atoms with Crippen LogP contribution >= 0.6 is 11.3 Å². The van der Waals surface area contributed by atoms with Crippen LogP contribution in [0, 0.1) is 12.3 Å². The minimum Gasteiger partial charge on any atom is -0.505 e. The molecule has 0 saturated heterocycles. The molecular weight excluding hydrogens is 430 g/mol. The number of hydrogen-bond donors (Lipinski definition) is 3. The number of aryl methyl sites for hydroxylation is 1. The molecule has 1 heterocycles. The highest BCUT2D eigenvalue weighted by molar-refractivity contribution is 7.12. The number of phenolic OH excluding ortho intramolecular Hbond substituents is 1.